The van der Waals surface area contributed by atoms with Crippen molar-refractivity contribution in [2.75, 3.05) is 53.6 Å². The second-order valence-electron chi connectivity index (χ2n) is 19.9. The smallest absolute Gasteiger partial charge is 0.325 e. The van der Waals surface area contributed by atoms with E-state index in [0.717, 1.165) is 38.9 Å². The highest BCUT2D eigenvalue weighted by molar-refractivity contribution is 5.96. The highest BCUT2D eigenvalue weighted by atomic mass is 16.5. The number of likely N-dealkylation sites (N-methyl/N-ethyl adjacent to an activating group) is 1. The molecular formula is C54H69N7O9. The lowest BCUT2D eigenvalue weighted by molar-refractivity contribution is -0.155. The zero-order valence-electron chi connectivity index (χ0n) is 41.7. The number of methoxy groups -OCH3 is 1. The number of nitrogens with one attached hydrogen (secondary N) is 2. The van der Waals surface area contributed by atoms with Crippen molar-refractivity contribution in [2.45, 2.75) is 97.8 Å². The van der Waals surface area contributed by atoms with Gasteiger partial charge in [-0.15, -0.1) is 0 Å². The Morgan fingerprint density at radius 1 is 1.04 bits per heavy atom. The van der Waals surface area contributed by atoms with E-state index in [9.17, 15) is 28.8 Å². The highest BCUT2D eigenvalue weighted by Crippen LogP contribution is 2.42. The van der Waals surface area contributed by atoms with Gasteiger partial charge in [-0.2, -0.15) is 0 Å². The van der Waals surface area contributed by atoms with Gasteiger partial charge in [0.15, 0.2) is 0 Å². The number of rotatable bonds is 13. The predicted molar refractivity (Wildman–Crippen MR) is 267 cm³/mol. The number of ether oxygens (including phenoxy) is 3. The summed E-state index contributed by atoms with van der Waals surface area (Å²) in [5, 5.41) is 5.39. The highest BCUT2D eigenvalue weighted by Gasteiger charge is 2.40. The topological polar surface area (TPSA) is 195 Å². The first kappa shape index (κ1) is 51.5. The standard InChI is InChI=1S/C54H69N7O9/c1-9-46(62)59-22-19-37(31-59)51(65)58(7)48(33(3)4)50(64)56-44-26-34-24-38(27-39(25-34)70-47(63)30-55)36-17-18-45-41(28-36)42(49(60(45)10-2)40-15-12-11-14-35(40)20-23-68-8)29-54(5,6)32-69-53(67)43-16-13-21-61(57-43)52(44)66/h9,11-12,14-15,17-18,24-25,27-28,33,37,43-44,48,57H,1,10,13,16,19-23,26,29-32,55H2,2-8H3,(H,56,64)/t37-,43-,44-,48-/m0/s1. The lowest BCUT2D eigenvalue weighted by Crippen LogP contribution is -2.62. The molecule has 2 fully saturated rings. The second-order valence-corrected chi connectivity index (χ2v) is 19.9. The van der Waals surface area contributed by atoms with Crippen LogP contribution in [0.15, 0.2) is 73.3 Å². The average Bonchev–Trinajstić information content (AvgIpc) is 3.96. The van der Waals surface area contributed by atoms with Gasteiger partial charge in [0.05, 0.1) is 31.4 Å². The maximum atomic E-state index is 14.9. The van der Waals surface area contributed by atoms with E-state index >= 15 is 0 Å². The summed E-state index contributed by atoms with van der Waals surface area (Å²) in [5.41, 5.74) is 15.8. The summed E-state index contributed by atoms with van der Waals surface area (Å²) < 4.78 is 19.8. The fourth-order valence-corrected chi connectivity index (χ4v) is 10.3. The number of hydrogen-bond acceptors (Lipinski definition) is 11. The molecule has 70 heavy (non-hydrogen) atoms. The van der Waals surface area contributed by atoms with Gasteiger partial charge >= 0.3 is 11.9 Å². The number of hydrazine groups is 1. The third kappa shape index (κ3) is 11.3. The number of aromatic nitrogens is 1. The number of hydrogen-bond donors (Lipinski definition) is 3. The molecular weight excluding hydrogens is 891 g/mol. The molecule has 2 saturated heterocycles. The van der Waals surface area contributed by atoms with Crippen LogP contribution in [0.3, 0.4) is 0 Å². The van der Waals surface area contributed by atoms with E-state index in [4.69, 9.17) is 19.9 Å². The monoisotopic (exact) mass is 960 g/mol. The summed E-state index contributed by atoms with van der Waals surface area (Å²) in [6.07, 6.45) is 3.78. The number of aryl methyl sites for hydroxylation is 1. The summed E-state index contributed by atoms with van der Waals surface area (Å²) in [6.45, 7) is 15.3. The normalized spacial score (nSPS) is 19.9. The molecule has 0 saturated carbocycles. The van der Waals surface area contributed by atoms with Crippen LogP contribution in [0.1, 0.15) is 70.6 Å². The summed E-state index contributed by atoms with van der Waals surface area (Å²) in [6, 6.07) is 16.9. The van der Waals surface area contributed by atoms with Crippen LogP contribution in [0.4, 0.5) is 0 Å². The number of fused-ring (bicyclic) bond motifs is 6. The number of benzene rings is 3. The lowest BCUT2D eigenvalue weighted by atomic mass is 9.83. The van der Waals surface area contributed by atoms with Gasteiger partial charge in [0.2, 0.25) is 17.7 Å². The average molecular weight is 960 g/mol. The number of nitrogens with two attached hydrogens (primary N) is 1. The number of nitrogens with zero attached hydrogens (tertiary/aromatic N) is 4. The molecule has 4 N–H and O–H groups in total. The second kappa shape index (κ2) is 22.2. The summed E-state index contributed by atoms with van der Waals surface area (Å²) in [4.78, 5) is 85.7. The Morgan fingerprint density at radius 3 is 2.53 bits per heavy atom. The van der Waals surface area contributed by atoms with Gasteiger partial charge < -0.3 is 39.6 Å². The summed E-state index contributed by atoms with van der Waals surface area (Å²) >= 11 is 0. The summed E-state index contributed by atoms with van der Waals surface area (Å²) in [5.74, 6) is -3.44. The van der Waals surface area contributed by atoms with Crippen molar-refractivity contribution < 1.29 is 43.0 Å². The quantitative estimate of drug-likeness (QED) is 0.0905. The minimum Gasteiger partial charge on any atom is -0.464 e. The molecule has 374 valence electrons. The van der Waals surface area contributed by atoms with Crippen molar-refractivity contribution >= 4 is 46.5 Å². The van der Waals surface area contributed by atoms with Crippen LogP contribution in [0.2, 0.25) is 0 Å². The third-order valence-electron chi connectivity index (χ3n) is 13.8. The Hall–Kier alpha value is -6.36. The first-order valence-corrected chi connectivity index (χ1v) is 24.5. The number of carbonyl (C=O) groups is 6. The Bertz CT molecular complexity index is 2640. The molecule has 1 aromatic heterocycles. The van der Waals surface area contributed by atoms with E-state index in [1.165, 1.54) is 16.0 Å². The van der Waals surface area contributed by atoms with E-state index in [1.54, 1.807) is 31.2 Å². The molecule has 3 aliphatic heterocycles. The van der Waals surface area contributed by atoms with E-state index < -0.39 is 53.2 Å². The van der Waals surface area contributed by atoms with Crippen LogP contribution >= 0.6 is 0 Å². The van der Waals surface area contributed by atoms with Crippen molar-refractivity contribution in [2.24, 2.45) is 23.0 Å². The van der Waals surface area contributed by atoms with Gasteiger partial charge in [0.1, 0.15) is 23.9 Å². The number of cyclic esters (lactones) is 1. The van der Waals surface area contributed by atoms with E-state index in [1.807, 2.05) is 38.1 Å². The minimum atomic E-state index is -1.22. The molecule has 0 spiro atoms. The molecule has 4 amide bonds. The van der Waals surface area contributed by atoms with Crippen molar-refractivity contribution in [3.8, 4) is 28.1 Å². The van der Waals surface area contributed by atoms with E-state index in [2.05, 4.69) is 66.9 Å². The maximum absolute atomic E-state index is 14.9. The van der Waals surface area contributed by atoms with Crippen LogP contribution in [-0.2, 0) is 64.0 Å². The van der Waals surface area contributed by atoms with Gasteiger partial charge in [-0.25, -0.2) is 5.43 Å². The van der Waals surface area contributed by atoms with Crippen molar-refractivity contribution in [3.63, 3.8) is 0 Å². The Kier molecular flexibility index (Phi) is 16.3. The molecule has 4 atom stereocenters. The lowest BCUT2D eigenvalue weighted by Gasteiger charge is -2.37. The zero-order valence-corrected chi connectivity index (χ0v) is 41.7. The molecule has 4 heterocycles. The maximum Gasteiger partial charge on any atom is 0.325 e. The number of carbonyl (C=O) groups excluding carboxylic acids is 6. The molecule has 7 rings (SSSR count). The molecule has 3 aliphatic rings. The van der Waals surface area contributed by atoms with E-state index in [0.29, 0.717) is 62.9 Å². The molecule has 0 aliphatic carbocycles. The zero-order chi connectivity index (χ0) is 50.4. The van der Waals surface area contributed by atoms with Gasteiger partial charge in [-0.1, -0.05) is 70.7 Å². The Morgan fingerprint density at radius 2 is 1.81 bits per heavy atom. The molecule has 6 bridgehead atoms. The molecule has 0 unspecified atom stereocenters. The Labute approximate surface area is 410 Å². The predicted octanol–water partition coefficient (Wildman–Crippen LogP) is 5.21. The number of likely N-dealkylation sites (tertiary alicyclic amines) is 1. The van der Waals surface area contributed by atoms with Crippen molar-refractivity contribution in [1.82, 2.24) is 30.1 Å². The molecule has 0 radical (unpaired) electrons. The van der Waals surface area contributed by atoms with Crippen LogP contribution in [0.25, 0.3) is 33.3 Å². The Balaban J connectivity index is 1.35. The first-order chi connectivity index (χ1) is 33.5. The summed E-state index contributed by atoms with van der Waals surface area (Å²) in [7, 11) is 3.27. The van der Waals surface area contributed by atoms with E-state index in [-0.39, 0.29) is 56.1 Å². The van der Waals surface area contributed by atoms with Gasteiger partial charge in [0.25, 0.3) is 5.91 Å². The van der Waals surface area contributed by atoms with Crippen LogP contribution in [0.5, 0.6) is 5.75 Å². The molecule has 16 heteroatoms. The molecule has 4 aromatic rings. The van der Waals surface area contributed by atoms with Crippen LogP contribution in [-0.4, -0.2) is 127 Å². The van der Waals surface area contributed by atoms with Gasteiger partial charge in [-0.3, -0.25) is 33.8 Å². The largest absolute Gasteiger partial charge is 0.464 e. The SMILES string of the molecule is C=CC(=O)N1CC[C@H](C(=O)N(C)[C@H](C(=O)N[C@H]2Cc3cc(OC(=O)CN)cc(c3)-c3ccc4c(c3)c(c(-c3ccccc3CCOC)n4CC)CC(C)(C)COC(=O)[C@@H]3CCCN(N3)C2=O)C(C)C)C1. The third-order valence-corrected chi connectivity index (χ3v) is 13.8. The van der Waals surface area contributed by atoms with Gasteiger partial charge in [-0.05, 0) is 103 Å². The van der Waals surface area contributed by atoms with Gasteiger partial charge in [0, 0.05) is 68.6 Å². The van der Waals surface area contributed by atoms with Crippen molar-refractivity contribution in [3.05, 3.63) is 90.0 Å². The molecule has 3 aromatic carbocycles. The fraction of sp³-hybridized carbons (Fsp3) is 0.481. The fourth-order valence-electron chi connectivity index (χ4n) is 10.3. The van der Waals surface area contributed by atoms with Crippen LogP contribution < -0.4 is 21.2 Å². The van der Waals surface area contributed by atoms with Crippen LogP contribution in [0, 0.1) is 17.3 Å². The minimum absolute atomic E-state index is 0.0566. The number of esters is 2. The van der Waals surface area contributed by atoms with Crippen molar-refractivity contribution in [1.29, 1.82) is 0 Å². The number of amides is 4. The molecule has 16 nitrogen and oxygen atoms in total. The first-order valence-electron chi connectivity index (χ1n) is 24.5.